The van der Waals surface area contributed by atoms with Gasteiger partial charge in [0.2, 0.25) is 17.8 Å². The Morgan fingerprint density at radius 3 is 2.04 bits per heavy atom. The first-order chi connectivity index (χ1) is 27.3. The lowest BCUT2D eigenvalue weighted by Crippen LogP contribution is -2.45. The molecule has 1 heterocycles. The number of amides is 6. The number of alkyl halides is 1. The minimum atomic E-state index is -1.61. The third-order valence-corrected chi connectivity index (χ3v) is 8.82. The number of urea groups is 2. The zero-order chi connectivity index (χ0) is 41.9. The molecule has 1 aliphatic rings. The summed E-state index contributed by atoms with van der Waals surface area (Å²) in [4.78, 5) is 93.6. The zero-order valence-corrected chi connectivity index (χ0v) is 32.7. The van der Waals surface area contributed by atoms with Crippen molar-refractivity contribution in [2.75, 3.05) is 60.0 Å². The highest BCUT2D eigenvalue weighted by Gasteiger charge is 2.29. The van der Waals surface area contributed by atoms with Crippen LogP contribution in [-0.4, -0.2) is 134 Å². The van der Waals surface area contributed by atoms with Gasteiger partial charge in [-0.1, -0.05) is 36.4 Å². The highest BCUT2D eigenvalue weighted by Crippen LogP contribution is 2.41. The molecule has 0 saturated heterocycles. The molecule has 15 nitrogen and oxygen atoms in total. The van der Waals surface area contributed by atoms with Crippen LogP contribution in [0.25, 0.3) is 0 Å². The summed E-state index contributed by atoms with van der Waals surface area (Å²) in [5.41, 5.74) is 1.95. The van der Waals surface area contributed by atoms with E-state index in [-0.39, 0.29) is 62.8 Å². The van der Waals surface area contributed by atoms with Crippen LogP contribution in [0.3, 0.4) is 0 Å². The fourth-order valence-electron chi connectivity index (χ4n) is 5.47. The molecule has 0 spiro atoms. The van der Waals surface area contributed by atoms with Gasteiger partial charge in [-0.3, -0.25) is 29.0 Å². The highest BCUT2D eigenvalue weighted by molar-refractivity contribution is 5.86. The highest BCUT2D eigenvalue weighted by atomic mass is 19.1. The molecule has 1 fully saturated rings. The Morgan fingerprint density at radius 2 is 1.47 bits per heavy atom. The lowest BCUT2D eigenvalue weighted by molar-refractivity contribution is -0.122. The summed E-state index contributed by atoms with van der Waals surface area (Å²) in [6.45, 7) is 2.05. The summed E-state index contributed by atoms with van der Waals surface area (Å²) in [5, 5.41) is 5.25. The van der Waals surface area contributed by atoms with Crippen LogP contribution < -0.4 is 10.6 Å². The van der Waals surface area contributed by atoms with Crippen molar-refractivity contribution in [3.8, 4) is 0 Å². The van der Waals surface area contributed by atoms with Crippen LogP contribution in [0.1, 0.15) is 68.3 Å². The van der Waals surface area contributed by atoms with E-state index in [0.29, 0.717) is 35.7 Å². The van der Waals surface area contributed by atoms with Crippen molar-refractivity contribution in [2.24, 2.45) is 0 Å². The largest absolute Gasteiger partial charge is 0.378 e. The van der Waals surface area contributed by atoms with Crippen LogP contribution in [-0.2, 0) is 28.7 Å². The molecule has 0 aliphatic heterocycles. The van der Waals surface area contributed by atoms with Gasteiger partial charge in [-0.05, 0) is 50.7 Å². The fraction of sp³-hybridized carbons (Fsp3) is 0.450. The monoisotopic (exact) mass is 795 g/mol. The maximum atomic E-state index is 14.9. The molecular formula is C40H51F2N7O8. The Balaban J connectivity index is 1.46. The zero-order valence-electron chi connectivity index (χ0n) is 32.7. The molecular weight excluding hydrogens is 744 g/mol. The molecule has 1 aromatic heterocycles. The number of hydrogen-bond acceptors (Lipinski definition) is 9. The second-order valence-electron chi connectivity index (χ2n) is 13.7. The number of aldehydes is 3. The Labute approximate surface area is 331 Å². The molecule has 1 saturated carbocycles. The van der Waals surface area contributed by atoms with E-state index >= 15 is 0 Å². The van der Waals surface area contributed by atoms with Crippen molar-refractivity contribution in [1.82, 2.24) is 35.2 Å². The van der Waals surface area contributed by atoms with Crippen molar-refractivity contribution < 1.29 is 47.1 Å². The van der Waals surface area contributed by atoms with Gasteiger partial charge in [0.15, 0.2) is 0 Å². The Kier molecular flexibility index (Phi) is 18.6. The molecule has 3 rings (SSSR count). The maximum absolute atomic E-state index is 14.9. The van der Waals surface area contributed by atoms with Crippen molar-refractivity contribution in [3.63, 3.8) is 0 Å². The average molecular weight is 796 g/mol. The van der Waals surface area contributed by atoms with Gasteiger partial charge in [-0.25, -0.2) is 19.0 Å². The number of carbonyl (C=O) groups excluding carboxylic acids is 7. The molecule has 17 heteroatoms. The summed E-state index contributed by atoms with van der Waals surface area (Å²) >= 11 is 0. The van der Waals surface area contributed by atoms with Crippen molar-refractivity contribution >= 4 is 42.7 Å². The molecule has 0 bridgehead atoms. The molecule has 0 radical (unpaired) electrons. The number of nitrogens with zero attached hydrogens (tertiary/aromatic N) is 5. The molecule has 2 unspecified atom stereocenters. The standard InChI is InChI=1S/C40H51F2N7O8/c1-28(26-51)23-48(16-19-50)39(55)46(3)17-20-57-21-18-47(4)40(56)49(24-29(2)27-52)25-36(54)43-22-32(41)12-15-35(53)45-37(31-8-6-5-7-9-31)34-14-13-33(30-10-11-30)38(42)44-34/h5-9,13-14,19,23-24,26-27,30,32,37H,10-12,15-18,20-22,25H2,1-4H3,(H,43,54)(H,45,53)/b28-23-,29-24-. The third-order valence-electron chi connectivity index (χ3n) is 8.82. The normalized spacial score (nSPS) is 13.8. The van der Waals surface area contributed by atoms with Gasteiger partial charge in [-0.2, -0.15) is 4.39 Å². The molecule has 308 valence electrons. The molecule has 1 aromatic carbocycles. The SMILES string of the molecule is C/C(C=O)=C/N(CC=O)C(=O)N(C)CCOCCN(C)C(=O)N(/C=C(/C)C=O)CC(=O)NCC(F)CCC(=O)NC(c1ccccc1)c1ccc(C2CC2)c(F)n1. The van der Waals surface area contributed by atoms with Crippen LogP contribution in [0, 0.1) is 5.95 Å². The van der Waals surface area contributed by atoms with Crippen molar-refractivity contribution in [1.29, 1.82) is 0 Å². The first kappa shape index (κ1) is 45.5. The Bertz CT molecular complexity index is 1770. The van der Waals surface area contributed by atoms with Gasteiger partial charge in [-0.15, -0.1) is 0 Å². The number of ether oxygens (including phenoxy) is 1. The van der Waals surface area contributed by atoms with E-state index < -0.39 is 55.1 Å². The summed E-state index contributed by atoms with van der Waals surface area (Å²) in [6, 6.07) is 10.4. The number of halogens is 2. The van der Waals surface area contributed by atoms with Gasteiger partial charge >= 0.3 is 12.1 Å². The molecule has 2 atom stereocenters. The lowest BCUT2D eigenvalue weighted by Gasteiger charge is -2.26. The molecule has 57 heavy (non-hydrogen) atoms. The minimum absolute atomic E-state index is 0.0478. The average Bonchev–Trinajstić information content (AvgIpc) is 4.05. The number of pyridine rings is 1. The number of hydrogen-bond donors (Lipinski definition) is 2. The smallest absolute Gasteiger partial charge is 0.324 e. The summed E-state index contributed by atoms with van der Waals surface area (Å²) in [7, 11) is 2.95. The van der Waals surface area contributed by atoms with Gasteiger partial charge in [0.05, 0.1) is 31.5 Å². The van der Waals surface area contributed by atoms with Crippen LogP contribution in [0.2, 0.25) is 0 Å². The molecule has 2 aromatic rings. The van der Waals surface area contributed by atoms with Crippen LogP contribution in [0.4, 0.5) is 18.4 Å². The molecule has 2 N–H and O–H groups in total. The fourth-order valence-corrected chi connectivity index (χ4v) is 5.47. The van der Waals surface area contributed by atoms with Crippen molar-refractivity contribution in [2.45, 2.75) is 57.7 Å². The van der Waals surface area contributed by atoms with Crippen LogP contribution >= 0.6 is 0 Å². The van der Waals surface area contributed by atoms with Crippen molar-refractivity contribution in [3.05, 3.63) is 88.8 Å². The van der Waals surface area contributed by atoms with E-state index in [1.54, 1.807) is 42.5 Å². The van der Waals surface area contributed by atoms with E-state index in [9.17, 15) is 42.3 Å². The quantitative estimate of drug-likeness (QED) is 0.0735. The topological polar surface area (TPSA) is 179 Å². The minimum Gasteiger partial charge on any atom is -0.378 e. The van der Waals surface area contributed by atoms with Gasteiger partial charge in [0.1, 0.15) is 31.6 Å². The number of carbonyl (C=O) groups is 7. The predicted molar refractivity (Wildman–Crippen MR) is 206 cm³/mol. The Morgan fingerprint density at radius 1 is 0.877 bits per heavy atom. The van der Waals surface area contributed by atoms with Gasteiger partial charge < -0.3 is 30.0 Å². The lowest BCUT2D eigenvalue weighted by atomic mass is 10.0. The van der Waals surface area contributed by atoms with E-state index in [1.807, 2.05) is 0 Å². The number of aromatic nitrogens is 1. The summed E-state index contributed by atoms with van der Waals surface area (Å²) < 4.78 is 35.3. The third kappa shape index (κ3) is 15.3. The second kappa shape index (κ2) is 23.3. The second-order valence-corrected chi connectivity index (χ2v) is 13.7. The number of likely N-dealkylation sites (N-methyl/N-ethyl adjacent to an activating group) is 2. The summed E-state index contributed by atoms with van der Waals surface area (Å²) in [5.74, 6) is -1.62. The first-order valence-electron chi connectivity index (χ1n) is 18.5. The number of nitrogens with one attached hydrogen (secondary N) is 2. The number of rotatable bonds is 23. The molecule has 1 aliphatic carbocycles. The van der Waals surface area contributed by atoms with E-state index in [2.05, 4.69) is 15.6 Å². The maximum Gasteiger partial charge on any atom is 0.324 e. The number of allylic oxidation sites excluding steroid dienone is 2. The first-order valence-corrected chi connectivity index (χ1v) is 18.5. The van der Waals surface area contributed by atoms with E-state index in [1.165, 1.54) is 50.1 Å². The van der Waals surface area contributed by atoms with Crippen LogP contribution in [0.5, 0.6) is 0 Å². The predicted octanol–water partition coefficient (Wildman–Crippen LogP) is 3.67. The number of benzene rings is 1. The van der Waals surface area contributed by atoms with Crippen LogP contribution in [0.15, 0.2) is 66.0 Å². The van der Waals surface area contributed by atoms with E-state index in [4.69, 9.17) is 4.74 Å². The van der Waals surface area contributed by atoms with Gasteiger partial charge in [0.25, 0.3) is 0 Å². The Hall–Kier alpha value is -5.84. The summed E-state index contributed by atoms with van der Waals surface area (Å²) in [6.07, 6.45) is 3.80. The van der Waals surface area contributed by atoms with E-state index in [0.717, 1.165) is 22.6 Å². The molecule has 6 amide bonds. The van der Waals surface area contributed by atoms with Gasteiger partial charge in [0, 0.05) is 69.3 Å².